The van der Waals surface area contributed by atoms with E-state index >= 15 is 0 Å². The van der Waals surface area contributed by atoms with Crippen LogP contribution in [0.3, 0.4) is 0 Å². The van der Waals surface area contributed by atoms with Crippen molar-refractivity contribution in [2.75, 3.05) is 13.2 Å². The van der Waals surface area contributed by atoms with Crippen molar-refractivity contribution in [3.63, 3.8) is 0 Å². The number of aromatic nitrogens is 1. The lowest BCUT2D eigenvalue weighted by molar-refractivity contribution is -0.150. The molecule has 2 bridgehead atoms. The third kappa shape index (κ3) is 2.52. The minimum absolute atomic E-state index is 0.0931. The predicted molar refractivity (Wildman–Crippen MR) is 119 cm³/mol. The van der Waals surface area contributed by atoms with Gasteiger partial charge in [0.2, 0.25) is 5.54 Å². The van der Waals surface area contributed by atoms with Crippen molar-refractivity contribution in [2.45, 2.75) is 51.6 Å². The zero-order valence-electron chi connectivity index (χ0n) is 18.5. The summed E-state index contributed by atoms with van der Waals surface area (Å²) in [7, 11) is 0. The van der Waals surface area contributed by atoms with Crippen LogP contribution in [0.2, 0.25) is 0 Å². The van der Waals surface area contributed by atoms with E-state index in [1.807, 2.05) is 6.08 Å². The summed E-state index contributed by atoms with van der Waals surface area (Å²) in [5.74, 6) is -1.25. The van der Waals surface area contributed by atoms with Gasteiger partial charge in [0.15, 0.2) is 0 Å². The van der Waals surface area contributed by atoms with Gasteiger partial charge in [0.25, 0.3) is 5.91 Å². The van der Waals surface area contributed by atoms with E-state index in [4.69, 9.17) is 9.72 Å². The van der Waals surface area contributed by atoms with E-state index in [0.29, 0.717) is 40.0 Å². The van der Waals surface area contributed by atoms with Crippen LogP contribution in [0.5, 0.6) is 0 Å². The molecule has 0 unspecified atom stereocenters. The number of hydrogen-bond acceptors (Lipinski definition) is 6. The summed E-state index contributed by atoms with van der Waals surface area (Å²) < 4.78 is 19.9. The number of nitroso groups, excluding NO2 is 1. The monoisotopic (exact) mass is 447 g/mol. The fourth-order valence-electron chi connectivity index (χ4n) is 5.97. The molecule has 1 amide bonds. The summed E-state index contributed by atoms with van der Waals surface area (Å²) in [6.07, 6.45) is 4.48. The zero-order chi connectivity index (χ0) is 23.1. The summed E-state index contributed by atoms with van der Waals surface area (Å²) in [5, 5.41) is 4.19. The van der Waals surface area contributed by atoms with Gasteiger partial charge in [-0.2, -0.15) is 0 Å². The smallest absolute Gasteiger partial charge is 0.342 e. The summed E-state index contributed by atoms with van der Waals surface area (Å²) >= 11 is 0. The Morgan fingerprint density at radius 2 is 2.00 bits per heavy atom. The number of carbonyl (C=O) groups is 2. The number of pyridine rings is 1. The SMILES string of the molecule is CC[C@@]1(N=O)C(=O)OCC2=C1C1=Cc3nc4cc(F)c(C)c5c4c(c3CN(C1)C2=O)CCC5. The van der Waals surface area contributed by atoms with Crippen LogP contribution in [0.1, 0.15) is 47.7 Å². The maximum absolute atomic E-state index is 14.7. The first kappa shape index (κ1) is 20.2. The minimum Gasteiger partial charge on any atom is -0.458 e. The van der Waals surface area contributed by atoms with Gasteiger partial charge in [-0.15, -0.1) is 4.91 Å². The molecule has 1 atom stereocenters. The van der Waals surface area contributed by atoms with Crippen molar-refractivity contribution in [3.05, 3.63) is 61.5 Å². The van der Waals surface area contributed by atoms with Crippen molar-refractivity contribution in [3.8, 4) is 0 Å². The van der Waals surface area contributed by atoms with E-state index in [1.165, 1.54) is 6.07 Å². The van der Waals surface area contributed by atoms with E-state index in [1.54, 1.807) is 18.7 Å². The first-order valence-corrected chi connectivity index (χ1v) is 11.3. The number of cyclic esters (lactones) is 1. The average Bonchev–Trinajstić information content (AvgIpc) is 2.99. The van der Waals surface area contributed by atoms with Crippen LogP contribution in [-0.4, -0.2) is 40.5 Å². The molecule has 6 rings (SSSR count). The number of nitrogens with zero attached hydrogens (tertiary/aromatic N) is 3. The Bertz CT molecular complexity index is 1380. The molecule has 0 saturated heterocycles. The quantitative estimate of drug-likeness (QED) is 0.518. The highest BCUT2D eigenvalue weighted by Gasteiger charge is 2.53. The second kappa shape index (κ2) is 6.79. The summed E-state index contributed by atoms with van der Waals surface area (Å²) in [5.41, 5.74) is 4.56. The maximum atomic E-state index is 14.7. The van der Waals surface area contributed by atoms with Gasteiger partial charge in [0.05, 0.1) is 16.8 Å². The molecule has 4 aliphatic rings. The number of halogens is 1. The van der Waals surface area contributed by atoms with Gasteiger partial charge in [-0.3, -0.25) is 4.79 Å². The van der Waals surface area contributed by atoms with Crippen LogP contribution >= 0.6 is 0 Å². The van der Waals surface area contributed by atoms with E-state index in [0.717, 1.165) is 41.3 Å². The largest absolute Gasteiger partial charge is 0.458 e. The molecule has 0 N–H and O–H groups in total. The van der Waals surface area contributed by atoms with Gasteiger partial charge in [-0.1, -0.05) is 6.92 Å². The highest BCUT2D eigenvalue weighted by atomic mass is 19.1. The maximum Gasteiger partial charge on any atom is 0.342 e. The van der Waals surface area contributed by atoms with Gasteiger partial charge < -0.3 is 9.64 Å². The number of amides is 1. The van der Waals surface area contributed by atoms with E-state index < -0.39 is 11.5 Å². The molecule has 1 aliphatic carbocycles. The van der Waals surface area contributed by atoms with Crippen molar-refractivity contribution in [1.82, 2.24) is 9.88 Å². The number of benzene rings is 1. The van der Waals surface area contributed by atoms with Crippen LogP contribution in [0.4, 0.5) is 4.39 Å². The zero-order valence-corrected chi connectivity index (χ0v) is 18.5. The lowest BCUT2D eigenvalue weighted by Gasteiger charge is -2.39. The molecule has 33 heavy (non-hydrogen) atoms. The Balaban J connectivity index is 1.66. The average molecular weight is 447 g/mol. The van der Waals surface area contributed by atoms with Gasteiger partial charge in [-0.25, -0.2) is 14.2 Å². The second-order valence-corrected chi connectivity index (χ2v) is 9.23. The standard InChI is InChI=1S/C25H22FN3O4/c1-3-25(28-32)22-13-7-19-16(10-29(9-13)23(30)17(22)11-33-24(25)31)15-6-4-5-14-12(2)18(26)8-20(27-19)21(14)15/h7-8H,3-6,9-11H2,1-2H3/t25-/m0/s1. The van der Waals surface area contributed by atoms with Crippen molar-refractivity contribution in [1.29, 1.82) is 0 Å². The topological polar surface area (TPSA) is 88.9 Å². The Kier molecular flexibility index (Phi) is 4.16. The van der Waals surface area contributed by atoms with Crippen molar-refractivity contribution in [2.24, 2.45) is 5.18 Å². The molecule has 168 valence electrons. The highest BCUT2D eigenvalue weighted by Crippen LogP contribution is 2.45. The fraction of sp³-hybridized carbons (Fsp3) is 0.400. The molecular formula is C25H22FN3O4. The number of esters is 1. The molecule has 0 saturated carbocycles. The third-order valence-electron chi connectivity index (χ3n) is 7.66. The Morgan fingerprint density at radius 1 is 1.21 bits per heavy atom. The summed E-state index contributed by atoms with van der Waals surface area (Å²) in [4.78, 5) is 44.6. The molecule has 1 aromatic carbocycles. The molecule has 8 heteroatoms. The minimum atomic E-state index is -1.74. The van der Waals surface area contributed by atoms with Gasteiger partial charge in [-0.05, 0) is 66.1 Å². The first-order valence-electron chi connectivity index (χ1n) is 11.3. The Morgan fingerprint density at radius 3 is 2.76 bits per heavy atom. The van der Waals surface area contributed by atoms with E-state index in [2.05, 4.69) is 5.18 Å². The van der Waals surface area contributed by atoms with Crippen molar-refractivity contribution < 1.29 is 18.7 Å². The molecule has 4 heterocycles. The van der Waals surface area contributed by atoms with Crippen LogP contribution in [0.25, 0.3) is 17.0 Å². The second-order valence-electron chi connectivity index (χ2n) is 9.23. The highest BCUT2D eigenvalue weighted by molar-refractivity contribution is 6.04. The Hall–Kier alpha value is -3.42. The van der Waals surface area contributed by atoms with Crippen LogP contribution in [-0.2, 0) is 33.7 Å². The van der Waals surface area contributed by atoms with Crippen LogP contribution < -0.4 is 0 Å². The Labute approximate surface area is 189 Å². The first-order chi connectivity index (χ1) is 15.9. The van der Waals surface area contributed by atoms with Crippen molar-refractivity contribution >= 4 is 28.9 Å². The summed E-state index contributed by atoms with van der Waals surface area (Å²) in [6, 6.07) is 1.48. The predicted octanol–water partition coefficient (Wildman–Crippen LogP) is 3.68. The molecule has 3 aliphatic heterocycles. The normalized spacial score (nSPS) is 23.6. The number of aryl methyl sites for hydroxylation is 2. The van der Waals surface area contributed by atoms with Gasteiger partial charge in [0, 0.05) is 35.7 Å². The lowest BCUT2D eigenvalue weighted by Crippen LogP contribution is -2.51. The number of fused-ring (bicyclic) bond motifs is 5. The molecule has 0 fully saturated rings. The van der Waals surface area contributed by atoms with E-state index in [9.17, 15) is 18.9 Å². The third-order valence-corrected chi connectivity index (χ3v) is 7.66. The lowest BCUT2D eigenvalue weighted by atomic mass is 9.76. The molecule has 2 aromatic rings. The molecule has 7 nitrogen and oxygen atoms in total. The van der Waals surface area contributed by atoms with Gasteiger partial charge in [0.1, 0.15) is 12.4 Å². The molecule has 0 spiro atoms. The number of carbonyl (C=O) groups excluding carboxylic acids is 2. The summed E-state index contributed by atoms with van der Waals surface area (Å²) in [6.45, 7) is 3.93. The number of hydrogen-bond donors (Lipinski definition) is 0. The van der Waals surface area contributed by atoms with E-state index in [-0.39, 0.29) is 31.3 Å². The van der Waals surface area contributed by atoms with Crippen LogP contribution in [0, 0.1) is 17.6 Å². The number of rotatable bonds is 2. The number of ether oxygens (including phenoxy) is 1. The van der Waals surface area contributed by atoms with Crippen LogP contribution in [0.15, 0.2) is 28.0 Å². The fourth-order valence-corrected chi connectivity index (χ4v) is 5.97. The molecule has 0 radical (unpaired) electrons. The molecule has 1 aromatic heterocycles. The molecular weight excluding hydrogens is 425 g/mol. The van der Waals surface area contributed by atoms with Gasteiger partial charge >= 0.3 is 5.97 Å².